The molecule has 0 aliphatic heterocycles. The average Bonchev–Trinajstić information content (AvgIpc) is 2.98. The smallest absolute Gasteiger partial charge is 0.545 e. The van der Waals surface area contributed by atoms with Crippen molar-refractivity contribution in [1.82, 2.24) is 14.8 Å². The van der Waals surface area contributed by atoms with E-state index in [4.69, 9.17) is 0 Å². The topological polar surface area (TPSA) is 70.8 Å². The normalized spacial score (nSPS) is 10.6. The van der Waals surface area contributed by atoms with E-state index in [2.05, 4.69) is 10.1 Å². The SMILES string of the molecule is CCn1nccc1-c1cc(C(=O)[O-])c2ccc(C)c(C)c2n1.[K+]. The summed E-state index contributed by atoms with van der Waals surface area (Å²) in [6.45, 7) is 6.60. The molecule has 0 aliphatic carbocycles. The number of carboxylic acid groups (broad SMARTS) is 1. The maximum atomic E-state index is 11.5. The van der Waals surface area contributed by atoms with Crippen LogP contribution in [-0.4, -0.2) is 20.7 Å². The number of carbonyl (C=O) groups is 1. The fourth-order valence-corrected chi connectivity index (χ4v) is 2.63. The van der Waals surface area contributed by atoms with Crippen LogP contribution in [0.4, 0.5) is 0 Å². The molecule has 23 heavy (non-hydrogen) atoms. The number of rotatable bonds is 3. The van der Waals surface area contributed by atoms with Gasteiger partial charge in [-0.2, -0.15) is 5.10 Å². The molecule has 2 heterocycles. The average molecular weight is 333 g/mol. The second-order valence-electron chi connectivity index (χ2n) is 5.28. The van der Waals surface area contributed by atoms with Gasteiger partial charge in [-0.15, -0.1) is 0 Å². The maximum absolute atomic E-state index is 11.5. The number of pyridine rings is 1. The number of hydrogen-bond acceptors (Lipinski definition) is 4. The molecule has 3 aromatic rings. The summed E-state index contributed by atoms with van der Waals surface area (Å²) in [5.41, 5.74) is 4.30. The Bertz CT molecular complexity index is 887. The van der Waals surface area contributed by atoms with Crippen LogP contribution in [0.3, 0.4) is 0 Å². The summed E-state index contributed by atoms with van der Waals surface area (Å²) in [5.74, 6) is -1.19. The van der Waals surface area contributed by atoms with Gasteiger partial charge in [-0.25, -0.2) is 4.98 Å². The van der Waals surface area contributed by atoms with Crippen molar-refractivity contribution in [3.8, 4) is 11.4 Å². The quantitative estimate of drug-likeness (QED) is 0.583. The van der Waals surface area contributed by atoms with Gasteiger partial charge in [0.2, 0.25) is 0 Å². The largest absolute Gasteiger partial charge is 1.00 e. The summed E-state index contributed by atoms with van der Waals surface area (Å²) >= 11 is 0. The fourth-order valence-electron chi connectivity index (χ4n) is 2.63. The van der Waals surface area contributed by atoms with Crippen LogP contribution >= 0.6 is 0 Å². The van der Waals surface area contributed by atoms with Gasteiger partial charge in [0.15, 0.2) is 0 Å². The molecule has 0 unspecified atom stereocenters. The monoisotopic (exact) mass is 333 g/mol. The molecule has 5 nitrogen and oxygen atoms in total. The summed E-state index contributed by atoms with van der Waals surface area (Å²) in [4.78, 5) is 16.2. The Morgan fingerprint density at radius 1 is 1.26 bits per heavy atom. The van der Waals surface area contributed by atoms with Gasteiger partial charge < -0.3 is 9.90 Å². The molecule has 3 rings (SSSR count). The third-order valence-electron chi connectivity index (χ3n) is 4.00. The number of carbonyl (C=O) groups excluding carboxylic acids is 1. The first-order valence-electron chi connectivity index (χ1n) is 7.17. The zero-order chi connectivity index (χ0) is 15.9. The summed E-state index contributed by atoms with van der Waals surface area (Å²) in [7, 11) is 0. The minimum atomic E-state index is -1.19. The Labute approximate surface area is 177 Å². The number of nitrogens with zero attached hydrogens (tertiary/aromatic N) is 3. The van der Waals surface area contributed by atoms with Crippen molar-refractivity contribution >= 4 is 16.9 Å². The summed E-state index contributed by atoms with van der Waals surface area (Å²) in [5, 5.41) is 16.4. The van der Waals surface area contributed by atoms with Gasteiger partial charge in [0.05, 0.1) is 22.9 Å². The zero-order valence-corrected chi connectivity index (χ0v) is 16.9. The Balaban J connectivity index is 0.00000192. The molecule has 0 N–H and O–H groups in total. The molecule has 1 aromatic carbocycles. The van der Waals surface area contributed by atoms with Crippen LogP contribution in [-0.2, 0) is 6.54 Å². The second-order valence-corrected chi connectivity index (χ2v) is 5.28. The van der Waals surface area contributed by atoms with Crippen molar-refractivity contribution in [3.05, 3.63) is 47.2 Å². The van der Waals surface area contributed by atoms with Crippen LogP contribution in [0.2, 0.25) is 0 Å². The molecule has 112 valence electrons. The van der Waals surface area contributed by atoms with Gasteiger partial charge in [-0.3, -0.25) is 4.68 Å². The Hall–Kier alpha value is -1.05. The number of aromatic carboxylic acids is 1. The van der Waals surface area contributed by atoms with E-state index in [1.807, 2.05) is 32.9 Å². The van der Waals surface area contributed by atoms with Crippen molar-refractivity contribution in [3.63, 3.8) is 0 Å². The van der Waals surface area contributed by atoms with E-state index in [0.29, 0.717) is 23.1 Å². The van der Waals surface area contributed by atoms with E-state index in [0.717, 1.165) is 16.8 Å². The van der Waals surface area contributed by atoms with Gasteiger partial charge in [-0.1, -0.05) is 12.1 Å². The van der Waals surface area contributed by atoms with Crippen molar-refractivity contribution in [2.24, 2.45) is 0 Å². The van der Waals surface area contributed by atoms with E-state index in [1.54, 1.807) is 23.0 Å². The number of aryl methyl sites for hydroxylation is 3. The van der Waals surface area contributed by atoms with Gasteiger partial charge in [0.1, 0.15) is 0 Å². The molecule has 0 bridgehead atoms. The first-order chi connectivity index (χ1) is 10.5. The molecule has 0 saturated heterocycles. The maximum Gasteiger partial charge on any atom is 1.00 e. The molecular weight excluding hydrogens is 317 g/mol. The van der Waals surface area contributed by atoms with Crippen LogP contribution in [0.5, 0.6) is 0 Å². The van der Waals surface area contributed by atoms with Crippen LogP contribution in [0.25, 0.3) is 22.3 Å². The van der Waals surface area contributed by atoms with Gasteiger partial charge in [-0.05, 0) is 44.0 Å². The second kappa shape index (κ2) is 7.23. The van der Waals surface area contributed by atoms with Crippen LogP contribution in [0, 0.1) is 13.8 Å². The predicted octanol–water partition coefficient (Wildman–Crippen LogP) is -0.897. The van der Waals surface area contributed by atoms with Crippen LogP contribution < -0.4 is 56.5 Å². The molecule has 6 heteroatoms. The van der Waals surface area contributed by atoms with Crippen molar-refractivity contribution in [2.45, 2.75) is 27.3 Å². The number of fused-ring (bicyclic) bond motifs is 1. The van der Waals surface area contributed by atoms with E-state index in [9.17, 15) is 9.90 Å². The van der Waals surface area contributed by atoms with E-state index < -0.39 is 5.97 Å². The first kappa shape index (κ1) is 18.3. The Morgan fingerprint density at radius 2 is 2.00 bits per heavy atom. The van der Waals surface area contributed by atoms with Crippen LogP contribution in [0.1, 0.15) is 28.4 Å². The van der Waals surface area contributed by atoms with Gasteiger partial charge in [0.25, 0.3) is 0 Å². The number of hydrogen-bond donors (Lipinski definition) is 0. The minimum absolute atomic E-state index is 0. The van der Waals surface area contributed by atoms with Crippen molar-refractivity contribution < 1.29 is 61.3 Å². The number of aromatic nitrogens is 3. The fraction of sp³-hybridized carbons (Fsp3) is 0.235. The van der Waals surface area contributed by atoms with Crippen LogP contribution in [0.15, 0.2) is 30.5 Å². The van der Waals surface area contributed by atoms with E-state index >= 15 is 0 Å². The third kappa shape index (κ3) is 3.27. The molecule has 0 amide bonds. The molecule has 0 saturated carbocycles. The van der Waals surface area contributed by atoms with E-state index in [1.165, 1.54) is 0 Å². The molecule has 0 atom stereocenters. The molecule has 0 radical (unpaired) electrons. The zero-order valence-electron chi connectivity index (χ0n) is 13.8. The van der Waals surface area contributed by atoms with Gasteiger partial charge >= 0.3 is 51.4 Å². The van der Waals surface area contributed by atoms with Crippen molar-refractivity contribution in [1.29, 1.82) is 0 Å². The first-order valence-corrected chi connectivity index (χ1v) is 7.17. The summed E-state index contributed by atoms with van der Waals surface area (Å²) < 4.78 is 1.79. The Kier molecular flexibility index (Phi) is 5.75. The molecule has 0 aliphatic rings. The number of benzene rings is 1. The van der Waals surface area contributed by atoms with Crippen molar-refractivity contribution in [2.75, 3.05) is 0 Å². The van der Waals surface area contributed by atoms with E-state index in [-0.39, 0.29) is 56.9 Å². The molecule has 2 aromatic heterocycles. The molecule has 0 spiro atoms. The standard InChI is InChI=1S/C17H17N3O2.K/c1-4-20-15(7-8-18-20)14-9-13(17(21)22)12-6-5-10(2)11(3)16(12)19-14;/h5-9H,4H2,1-3H3,(H,21,22);/q;+1/p-1. The predicted molar refractivity (Wildman–Crippen MR) is 82.4 cm³/mol. The minimum Gasteiger partial charge on any atom is -0.545 e. The third-order valence-corrected chi connectivity index (χ3v) is 4.00. The van der Waals surface area contributed by atoms with Gasteiger partial charge in [0, 0.05) is 23.7 Å². The number of carboxylic acids is 1. The summed E-state index contributed by atoms with van der Waals surface area (Å²) in [6.07, 6.45) is 1.69. The Morgan fingerprint density at radius 3 is 2.65 bits per heavy atom. The molecule has 0 fully saturated rings. The molecular formula is C17H16KN3O2. The summed E-state index contributed by atoms with van der Waals surface area (Å²) in [6, 6.07) is 7.09.